The van der Waals surface area contributed by atoms with E-state index in [2.05, 4.69) is 0 Å². The van der Waals surface area contributed by atoms with Crippen molar-refractivity contribution in [3.8, 4) is 0 Å². The Morgan fingerprint density at radius 1 is 1.26 bits per heavy atom. The van der Waals surface area contributed by atoms with E-state index in [1.165, 1.54) is 6.92 Å². The van der Waals surface area contributed by atoms with E-state index in [1.807, 2.05) is 58.0 Å². The summed E-state index contributed by atoms with van der Waals surface area (Å²) in [4.78, 5) is 26.2. The maximum absolute atomic E-state index is 12.7. The van der Waals surface area contributed by atoms with Crippen LogP contribution in [0.3, 0.4) is 0 Å². The molecule has 0 aliphatic carbocycles. The molecule has 2 N–H and O–H groups in total. The number of likely N-dealkylation sites (tertiary alicyclic amines) is 1. The predicted octanol–water partition coefficient (Wildman–Crippen LogP) is 2.46. The van der Waals surface area contributed by atoms with Crippen LogP contribution in [0.4, 0.5) is 0 Å². The molecule has 5 heteroatoms. The van der Waals surface area contributed by atoms with Gasteiger partial charge in [-0.2, -0.15) is 0 Å². The van der Waals surface area contributed by atoms with Gasteiger partial charge in [-0.1, -0.05) is 51.1 Å². The number of carbonyl (C=O) groups excluding carboxylic acids is 1. The molecule has 126 valence electrons. The number of nitrogens with zero attached hydrogens (tertiary/aromatic N) is 1. The summed E-state index contributed by atoms with van der Waals surface area (Å²) in [7, 11) is 0. The monoisotopic (exact) mass is 319 g/mol. The number of hydrogen-bond acceptors (Lipinski definition) is 3. The molecule has 1 heterocycles. The van der Waals surface area contributed by atoms with Gasteiger partial charge in [0.15, 0.2) is 6.10 Å². The van der Waals surface area contributed by atoms with Crippen LogP contribution >= 0.6 is 0 Å². The standard InChI is InChI=1S/C18H25NO4/c1-11(12-9-7-6-8-10-12)19-14(21)13(20)18(5,16(22)23)15(19)17(2,3)4/h6-11,13,15,20H,1-5H3,(H,22,23)/t11-,13?,15?,18-/m1/s1. The molecule has 0 spiro atoms. The summed E-state index contributed by atoms with van der Waals surface area (Å²) in [5, 5.41) is 20.1. The lowest BCUT2D eigenvalue weighted by atomic mass is 9.69. The molecular formula is C18H25NO4. The smallest absolute Gasteiger partial charge is 0.314 e. The number of aliphatic hydroxyl groups is 1. The van der Waals surface area contributed by atoms with Gasteiger partial charge in [-0.3, -0.25) is 9.59 Å². The quantitative estimate of drug-likeness (QED) is 0.897. The number of rotatable bonds is 3. The first-order chi connectivity index (χ1) is 10.5. The first kappa shape index (κ1) is 17.5. The van der Waals surface area contributed by atoms with Crippen molar-refractivity contribution in [3.05, 3.63) is 35.9 Å². The SMILES string of the molecule is C[C@H](c1ccccc1)N1C(=O)C(O)[C@@](C)(C(=O)O)C1C(C)(C)C. The number of hydrogen-bond donors (Lipinski definition) is 2. The molecule has 0 saturated carbocycles. The molecule has 1 aliphatic heterocycles. The topological polar surface area (TPSA) is 77.8 Å². The molecule has 4 atom stereocenters. The van der Waals surface area contributed by atoms with Crippen LogP contribution in [0.1, 0.15) is 46.2 Å². The molecule has 1 amide bonds. The molecule has 0 bridgehead atoms. The Kier molecular flexibility index (Phi) is 4.28. The van der Waals surface area contributed by atoms with Gasteiger partial charge in [-0.25, -0.2) is 0 Å². The highest BCUT2D eigenvalue weighted by molar-refractivity contribution is 5.94. The van der Waals surface area contributed by atoms with Crippen LogP contribution in [-0.2, 0) is 9.59 Å². The second-order valence-corrected chi connectivity index (χ2v) is 7.59. The Labute approximate surface area is 136 Å². The van der Waals surface area contributed by atoms with Crippen molar-refractivity contribution in [1.29, 1.82) is 0 Å². The third-order valence-electron chi connectivity index (χ3n) is 4.88. The lowest BCUT2D eigenvalue weighted by Gasteiger charge is -2.43. The number of carboxylic acids is 1. The van der Waals surface area contributed by atoms with E-state index >= 15 is 0 Å². The number of carboxylic acid groups (broad SMARTS) is 1. The van der Waals surface area contributed by atoms with Gasteiger partial charge in [-0.15, -0.1) is 0 Å². The summed E-state index contributed by atoms with van der Waals surface area (Å²) in [5.41, 5.74) is -1.13. The van der Waals surface area contributed by atoms with Crippen LogP contribution in [0.25, 0.3) is 0 Å². The van der Waals surface area contributed by atoms with E-state index < -0.39 is 34.9 Å². The maximum atomic E-state index is 12.7. The summed E-state index contributed by atoms with van der Waals surface area (Å²) in [6.07, 6.45) is -1.55. The highest BCUT2D eigenvalue weighted by atomic mass is 16.4. The summed E-state index contributed by atoms with van der Waals surface area (Å²) in [6, 6.07) is 8.52. The van der Waals surface area contributed by atoms with Gasteiger partial charge in [0, 0.05) is 0 Å². The number of aliphatic carboxylic acids is 1. The number of benzene rings is 1. The highest BCUT2D eigenvalue weighted by Gasteiger charge is 2.64. The van der Waals surface area contributed by atoms with Gasteiger partial charge < -0.3 is 15.1 Å². The van der Waals surface area contributed by atoms with Crippen LogP contribution in [0.15, 0.2) is 30.3 Å². The Morgan fingerprint density at radius 3 is 2.22 bits per heavy atom. The Morgan fingerprint density at radius 2 is 1.78 bits per heavy atom. The lowest BCUT2D eigenvalue weighted by Crippen LogP contribution is -2.53. The van der Waals surface area contributed by atoms with Crippen molar-refractivity contribution in [2.24, 2.45) is 10.8 Å². The molecule has 23 heavy (non-hydrogen) atoms. The van der Waals surface area contributed by atoms with Crippen LogP contribution in [0.5, 0.6) is 0 Å². The molecule has 1 saturated heterocycles. The molecule has 0 radical (unpaired) electrons. The Balaban J connectivity index is 2.57. The fourth-order valence-corrected chi connectivity index (χ4v) is 3.82. The number of aliphatic hydroxyl groups excluding tert-OH is 1. The van der Waals surface area contributed by atoms with Gasteiger partial charge in [0.05, 0.1) is 12.1 Å². The maximum Gasteiger partial charge on any atom is 0.314 e. The van der Waals surface area contributed by atoms with Crippen molar-refractivity contribution in [1.82, 2.24) is 4.90 Å². The van der Waals surface area contributed by atoms with Gasteiger partial charge in [0.2, 0.25) is 0 Å². The third kappa shape index (κ3) is 2.63. The second kappa shape index (κ2) is 5.64. The summed E-state index contributed by atoms with van der Waals surface area (Å²) < 4.78 is 0. The van der Waals surface area contributed by atoms with Gasteiger partial charge in [0.25, 0.3) is 5.91 Å². The minimum atomic E-state index is -1.55. The van der Waals surface area contributed by atoms with E-state index in [4.69, 9.17) is 0 Å². The fraction of sp³-hybridized carbons (Fsp3) is 0.556. The Bertz CT molecular complexity index is 607. The summed E-state index contributed by atoms with van der Waals surface area (Å²) in [5.74, 6) is -1.67. The van der Waals surface area contributed by atoms with E-state index in [9.17, 15) is 19.8 Å². The van der Waals surface area contributed by atoms with Crippen molar-refractivity contribution < 1.29 is 19.8 Å². The molecule has 1 aromatic carbocycles. The molecule has 5 nitrogen and oxygen atoms in total. The first-order valence-corrected chi connectivity index (χ1v) is 7.81. The summed E-state index contributed by atoms with van der Waals surface area (Å²) in [6.45, 7) is 9.02. The normalized spacial score (nSPS) is 29.7. The third-order valence-corrected chi connectivity index (χ3v) is 4.88. The van der Waals surface area contributed by atoms with Crippen molar-refractivity contribution in [2.45, 2.75) is 52.8 Å². The molecule has 1 fully saturated rings. The van der Waals surface area contributed by atoms with E-state index in [0.717, 1.165) is 5.56 Å². The minimum Gasteiger partial charge on any atom is -0.481 e. The zero-order valence-electron chi connectivity index (χ0n) is 14.3. The molecule has 2 unspecified atom stereocenters. The minimum absolute atomic E-state index is 0.316. The molecular weight excluding hydrogens is 294 g/mol. The zero-order valence-corrected chi connectivity index (χ0v) is 14.3. The average molecular weight is 319 g/mol. The summed E-state index contributed by atoms with van der Waals surface area (Å²) >= 11 is 0. The van der Waals surface area contributed by atoms with E-state index in [0.29, 0.717) is 0 Å². The predicted molar refractivity (Wildman–Crippen MR) is 86.7 cm³/mol. The van der Waals surface area contributed by atoms with Gasteiger partial charge in [0.1, 0.15) is 5.41 Å². The second-order valence-electron chi connectivity index (χ2n) is 7.59. The van der Waals surface area contributed by atoms with Crippen molar-refractivity contribution in [3.63, 3.8) is 0 Å². The van der Waals surface area contributed by atoms with E-state index in [1.54, 1.807) is 4.90 Å². The lowest BCUT2D eigenvalue weighted by molar-refractivity contribution is -0.158. The first-order valence-electron chi connectivity index (χ1n) is 7.81. The molecule has 0 aromatic heterocycles. The fourth-order valence-electron chi connectivity index (χ4n) is 3.82. The number of amides is 1. The van der Waals surface area contributed by atoms with Gasteiger partial charge >= 0.3 is 5.97 Å². The largest absolute Gasteiger partial charge is 0.481 e. The highest BCUT2D eigenvalue weighted by Crippen LogP contribution is 2.49. The molecule has 1 aliphatic rings. The molecule has 1 aromatic rings. The van der Waals surface area contributed by atoms with Gasteiger partial charge in [-0.05, 0) is 24.8 Å². The average Bonchev–Trinajstić information content (AvgIpc) is 2.69. The van der Waals surface area contributed by atoms with Crippen LogP contribution in [0, 0.1) is 10.8 Å². The van der Waals surface area contributed by atoms with Crippen molar-refractivity contribution in [2.75, 3.05) is 0 Å². The van der Waals surface area contributed by atoms with Crippen LogP contribution in [0.2, 0.25) is 0 Å². The number of carbonyl (C=O) groups is 2. The zero-order chi connectivity index (χ0) is 17.6. The van der Waals surface area contributed by atoms with Crippen LogP contribution in [-0.4, -0.2) is 39.1 Å². The van der Waals surface area contributed by atoms with Crippen LogP contribution < -0.4 is 0 Å². The van der Waals surface area contributed by atoms with Crippen molar-refractivity contribution >= 4 is 11.9 Å². The van der Waals surface area contributed by atoms with E-state index in [-0.39, 0.29) is 6.04 Å². The Hall–Kier alpha value is -1.88. The molecule has 2 rings (SSSR count).